The van der Waals surface area contributed by atoms with Crippen molar-refractivity contribution in [2.75, 3.05) is 0 Å². The molecule has 94 valence electrons. The molecule has 4 heteroatoms. The van der Waals surface area contributed by atoms with E-state index in [0.717, 1.165) is 12.0 Å². The van der Waals surface area contributed by atoms with E-state index in [1.807, 2.05) is 38.1 Å². The number of hydrogen-bond acceptors (Lipinski definition) is 2. The number of rotatable bonds is 5. The molecule has 0 heterocycles. The van der Waals surface area contributed by atoms with Crippen molar-refractivity contribution in [1.82, 2.24) is 5.32 Å². The Kier molecular flexibility index (Phi) is 5.45. The number of nitrogens with two attached hydrogens (primary N) is 1. The molecule has 0 aliphatic rings. The number of nitrogens with one attached hydrogen (secondary N) is 1. The molecule has 0 aliphatic heterocycles. The van der Waals surface area contributed by atoms with Gasteiger partial charge in [-0.2, -0.15) is 0 Å². The smallest absolute Gasteiger partial charge is 0.237 e. The first-order valence-corrected chi connectivity index (χ1v) is 6.23. The van der Waals surface area contributed by atoms with Crippen LogP contribution >= 0.6 is 11.6 Å². The highest BCUT2D eigenvalue weighted by atomic mass is 35.5. The van der Waals surface area contributed by atoms with Crippen LogP contribution in [0.15, 0.2) is 24.3 Å². The van der Waals surface area contributed by atoms with Crippen molar-refractivity contribution >= 4 is 17.5 Å². The third-order valence-corrected chi connectivity index (χ3v) is 2.92. The average molecular weight is 255 g/mol. The van der Waals surface area contributed by atoms with E-state index in [9.17, 15) is 4.79 Å². The van der Waals surface area contributed by atoms with Gasteiger partial charge in [-0.1, -0.05) is 37.1 Å². The molecule has 2 atom stereocenters. The van der Waals surface area contributed by atoms with Gasteiger partial charge in [0.15, 0.2) is 0 Å². The molecule has 1 aromatic carbocycles. The summed E-state index contributed by atoms with van der Waals surface area (Å²) in [5.41, 5.74) is 6.76. The van der Waals surface area contributed by atoms with Gasteiger partial charge in [-0.25, -0.2) is 0 Å². The van der Waals surface area contributed by atoms with Crippen LogP contribution < -0.4 is 11.1 Å². The number of carbonyl (C=O) groups excluding carboxylic acids is 1. The van der Waals surface area contributed by atoms with Crippen molar-refractivity contribution in [3.63, 3.8) is 0 Å². The third kappa shape index (κ3) is 4.36. The predicted molar refractivity (Wildman–Crippen MR) is 70.9 cm³/mol. The maximum atomic E-state index is 11.7. The zero-order chi connectivity index (χ0) is 12.8. The Morgan fingerprint density at radius 2 is 2.00 bits per heavy atom. The molecule has 3 nitrogen and oxygen atoms in total. The Hall–Kier alpha value is -1.06. The standard InChI is InChI=1S/C13H19ClN2O/c1-3-4-12(15)13(17)16-9(2)10-5-7-11(14)8-6-10/h5-9,12H,3-4,15H2,1-2H3,(H,16,17)/t9?,12-/m1/s1. The van der Waals surface area contributed by atoms with Crippen LogP contribution in [0.5, 0.6) is 0 Å². The van der Waals surface area contributed by atoms with E-state index in [4.69, 9.17) is 17.3 Å². The molecule has 0 spiro atoms. The summed E-state index contributed by atoms with van der Waals surface area (Å²) in [5.74, 6) is -0.102. The summed E-state index contributed by atoms with van der Waals surface area (Å²) in [6, 6.07) is 6.95. The van der Waals surface area contributed by atoms with E-state index in [1.54, 1.807) is 0 Å². The minimum absolute atomic E-state index is 0.0531. The van der Waals surface area contributed by atoms with Crippen molar-refractivity contribution in [2.24, 2.45) is 5.73 Å². The number of benzene rings is 1. The first-order chi connectivity index (χ1) is 8.04. The summed E-state index contributed by atoms with van der Waals surface area (Å²) in [6.07, 6.45) is 1.61. The minimum Gasteiger partial charge on any atom is -0.348 e. The zero-order valence-electron chi connectivity index (χ0n) is 10.2. The Morgan fingerprint density at radius 1 is 1.41 bits per heavy atom. The van der Waals surface area contributed by atoms with Crippen molar-refractivity contribution in [2.45, 2.75) is 38.8 Å². The fraction of sp³-hybridized carbons (Fsp3) is 0.462. The van der Waals surface area contributed by atoms with Gasteiger partial charge in [0.1, 0.15) is 0 Å². The molecule has 17 heavy (non-hydrogen) atoms. The lowest BCUT2D eigenvalue weighted by molar-refractivity contribution is -0.123. The fourth-order valence-corrected chi connectivity index (χ4v) is 1.72. The van der Waals surface area contributed by atoms with E-state index in [1.165, 1.54) is 0 Å². The molecule has 0 aliphatic carbocycles. The van der Waals surface area contributed by atoms with Crippen LogP contribution in [0.25, 0.3) is 0 Å². The van der Waals surface area contributed by atoms with Gasteiger partial charge in [-0.05, 0) is 31.0 Å². The predicted octanol–water partition coefficient (Wildman–Crippen LogP) is 2.64. The lowest BCUT2D eigenvalue weighted by Gasteiger charge is -2.17. The van der Waals surface area contributed by atoms with E-state index in [2.05, 4.69) is 5.32 Å². The highest BCUT2D eigenvalue weighted by molar-refractivity contribution is 6.30. The van der Waals surface area contributed by atoms with E-state index >= 15 is 0 Å². The lowest BCUT2D eigenvalue weighted by Crippen LogP contribution is -2.41. The summed E-state index contributed by atoms with van der Waals surface area (Å²) in [6.45, 7) is 3.94. The molecule has 1 rings (SSSR count). The molecule has 0 bridgehead atoms. The second-order valence-electron chi connectivity index (χ2n) is 4.18. The fourth-order valence-electron chi connectivity index (χ4n) is 1.60. The normalized spacial score (nSPS) is 14.1. The lowest BCUT2D eigenvalue weighted by atomic mass is 10.1. The van der Waals surface area contributed by atoms with Gasteiger partial charge < -0.3 is 11.1 Å². The molecule has 0 radical (unpaired) electrons. The van der Waals surface area contributed by atoms with Gasteiger partial charge in [0.05, 0.1) is 12.1 Å². The largest absolute Gasteiger partial charge is 0.348 e. The number of hydrogen-bond donors (Lipinski definition) is 2. The summed E-state index contributed by atoms with van der Waals surface area (Å²) in [5, 5.41) is 3.58. The number of halogens is 1. The maximum Gasteiger partial charge on any atom is 0.237 e. The molecule has 0 saturated carbocycles. The summed E-state index contributed by atoms with van der Waals surface area (Å²) in [4.78, 5) is 11.7. The van der Waals surface area contributed by atoms with Gasteiger partial charge in [0.2, 0.25) is 5.91 Å². The molecule has 0 saturated heterocycles. The van der Waals surface area contributed by atoms with E-state index < -0.39 is 6.04 Å². The molecule has 1 aromatic rings. The molecule has 1 amide bonds. The van der Waals surface area contributed by atoms with Crippen LogP contribution in [0.1, 0.15) is 38.3 Å². The van der Waals surface area contributed by atoms with Crippen LogP contribution in [0.4, 0.5) is 0 Å². The molecule has 0 aromatic heterocycles. The van der Waals surface area contributed by atoms with Gasteiger partial charge in [0.25, 0.3) is 0 Å². The van der Waals surface area contributed by atoms with Crippen LogP contribution in [-0.4, -0.2) is 11.9 Å². The Labute approximate surface area is 107 Å². The Morgan fingerprint density at radius 3 is 2.53 bits per heavy atom. The van der Waals surface area contributed by atoms with Crippen molar-refractivity contribution < 1.29 is 4.79 Å². The van der Waals surface area contributed by atoms with Crippen molar-refractivity contribution in [1.29, 1.82) is 0 Å². The van der Waals surface area contributed by atoms with Gasteiger partial charge in [-0.15, -0.1) is 0 Å². The van der Waals surface area contributed by atoms with Crippen LogP contribution in [-0.2, 0) is 4.79 Å². The minimum atomic E-state index is -0.422. The zero-order valence-corrected chi connectivity index (χ0v) is 11.0. The highest BCUT2D eigenvalue weighted by Crippen LogP contribution is 2.16. The van der Waals surface area contributed by atoms with Crippen LogP contribution in [0.2, 0.25) is 5.02 Å². The third-order valence-electron chi connectivity index (χ3n) is 2.67. The molecule has 0 fully saturated rings. The topological polar surface area (TPSA) is 55.1 Å². The molecular formula is C13H19ClN2O. The monoisotopic (exact) mass is 254 g/mol. The Bertz CT molecular complexity index is 364. The van der Waals surface area contributed by atoms with Gasteiger partial charge in [0, 0.05) is 5.02 Å². The van der Waals surface area contributed by atoms with E-state index in [-0.39, 0.29) is 11.9 Å². The Balaban J connectivity index is 2.57. The molecular weight excluding hydrogens is 236 g/mol. The maximum absolute atomic E-state index is 11.7. The molecule has 3 N–H and O–H groups in total. The van der Waals surface area contributed by atoms with Crippen LogP contribution in [0, 0.1) is 0 Å². The first-order valence-electron chi connectivity index (χ1n) is 5.86. The second-order valence-corrected chi connectivity index (χ2v) is 4.61. The quantitative estimate of drug-likeness (QED) is 0.849. The average Bonchev–Trinajstić information content (AvgIpc) is 2.30. The first kappa shape index (κ1) is 14.0. The van der Waals surface area contributed by atoms with Gasteiger partial charge >= 0.3 is 0 Å². The van der Waals surface area contributed by atoms with Crippen LogP contribution in [0.3, 0.4) is 0 Å². The van der Waals surface area contributed by atoms with E-state index in [0.29, 0.717) is 11.4 Å². The number of carbonyl (C=O) groups is 1. The summed E-state index contributed by atoms with van der Waals surface area (Å²) in [7, 11) is 0. The molecule has 1 unspecified atom stereocenters. The van der Waals surface area contributed by atoms with Crippen molar-refractivity contribution in [3.05, 3.63) is 34.9 Å². The highest BCUT2D eigenvalue weighted by Gasteiger charge is 2.15. The second kappa shape index (κ2) is 6.62. The summed E-state index contributed by atoms with van der Waals surface area (Å²) < 4.78 is 0. The van der Waals surface area contributed by atoms with Gasteiger partial charge in [-0.3, -0.25) is 4.79 Å². The summed E-state index contributed by atoms with van der Waals surface area (Å²) >= 11 is 5.81. The number of amides is 1. The van der Waals surface area contributed by atoms with Crippen molar-refractivity contribution in [3.8, 4) is 0 Å². The SMILES string of the molecule is CCC[C@@H](N)C(=O)NC(C)c1ccc(Cl)cc1.